The van der Waals surface area contributed by atoms with Crippen molar-refractivity contribution < 1.29 is 14.3 Å². The number of carbonyl (C=O) groups is 2. The third kappa shape index (κ3) is 5.16. The van der Waals surface area contributed by atoms with Gasteiger partial charge in [-0.25, -0.2) is 4.79 Å². The Balaban J connectivity index is 1.44. The molecule has 0 bridgehead atoms. The molecule has 1 amide bonds. The minimum absolute atomic E-state index is 0.101. The number of esters is 1. The van der Waals surface area contributed by atoms with Crippen molar-refractivity contribution in [2.24, 2.45) is 0 Å². The molecule has 2 aromatic rings. The third-order valence-electron chi connectivity index (χ3n) is 6.76. The van der Waals surface area contributed by atoms with Crippen molar-refractivity contribution in [1.82, 2.24) is 9.80 Å². The van der Waals surface area contributed by atoms with E-state index in [1.807, 2.05) is 4.90 Å². The number of benzene rings is 2. The molecule has 1 heterocycles. The number of methoxy groups -OCH3 is 1. The summed E-state index contributed by atoms with van der Waals surface area (Å²) in [6.45, 7) is 1.83. The topological polar surface area (TPSA) is 49.9 Å². The largest absolute Gasteiger partial charge is 0.467 e. The van der Waals surface area contributed by atoms with E-state index in [1.165, 1.54) is 18.2 Å². The Bertz CT molecular complexity index is 821. The first-order valence-corrected chi connectivity index (χ1v) is 11.4. The highest BCUT2D eigenvalue weighted by Crippen LogP contribution is 2.33. The van der Waals surface area contributed by atoms with Crippen LogP contribution in [0.5, 0.6) is 0 Å². The van der Waals surface area contributed by atoms with E-state index in [4.69, 9.17) is 4.74 Å². The Morgan fingerprint density at radius 1 is 0.903 bits per heavy atom. The zero-order valence-corrected chi connectivity index (χ0v) is 18.3. The molecule has 1 saturated heterocycles. The van der Waals surface area contributed by atoms with E-state index in [-0.39, 0.29) is 17.9 Å². The molecule has 164 valence electrons. The molecule has 2 aromatic carbocycles. The van der Waals surface area contributed by atoms with Crippen molar-refractivity contribution in [3.05, 3.63) is 71.8 Å². The van der Waals surface area contributed by atoms with Crippen LogP contribution in [0, 0.1) is 0 Å². The highest BCUT2D eigenvalue weighted by atomic mass is 16.5. The van der Waals surface area contributed by atoms with Gasteiger partial charge in [0.05, 0.1) is 7.11 Å². The first-order valence-electron chi connectivity index (χ1n) is 11.4. The number of likely N-dealkylation sites (tertiary alicyclic amines) is 1. The molecule has 0 spiro atoms. The fraction of sp³-hybridized carbons (Fsp3) is 0.462. The van der Waals surface area contributed by atoms with Gasteiger partial charge in [0.2, 0.25) is 5.91 Å². The Morgan fingerprint density at radius 3 is 1.97 bits per heavy atom. The van der Waals surface area contributed by atoms with Gasteiger partial charge in [-0.3, -0.25) is 9.69 Å². The summed E-state index contributed by atoms with van der Waals surface area (Å²) in [7, 11) is 1.41. The Hall–Kier alpha value is -2.66. The molecule has 1 unspecified atom stereocenters. The van der Waals surface area contributed by atoms with Gasteiger partial charge < -0.3 is 9.64 Å². The average Bonchev–Trinajstić information content (AvgIpc) is 3.21. The van der Waals surface area contributed by atoms with E-state index in [9.17, 15) is 9.59 Å². The minimum Gasteiger partial charge on any atom is -0.467 e. The summed E-state index contributed by atoms with van der Waals surface area (Å²) < 4.78 is 4.95. The van der Waals surface area contributed by atoms with Crippen LogP contribution in [0.1, 0.15) is 49.7 Å². The lowest BCUT2D eigenvalue weighted by Crippen LogP contribution is -2.49. The molecule has 31 heavy (non-hydrogen) atoms. The first-order chi connectivity index (χ1) is 15.2. The maximum atomic E-state index is 12.5. The maximum absolute atomic E-state index is 12.5. The van der Waals surface area contributed by atoms with Gasteiger partial charge in [0.1, 0.15) is 6.04 Å². The molecule has 1 aliphatic carbocycles. The van der Waals surface area contributed by atoms with Crippen molar-refractivity contribution in [3.8, 4) is 0 Å². The number of carbonyl (C=O) groups excluding carboxylic acids is 2. The first kappa shape index (κ1) is 21.6. The summed E-state index contributed by atoms with van der Waals surface area (Å²) in [6.07, 6.45) is 4.96. The molecular weight excluding hydrogens is 388 g/mol. The van der Waals surface area contributed by atoms with Crippen molar-refractivity contribution >= 4 is 11.9 Å². The standard InChI is InChI=1S/C26H32N2O3/c1-31-26(30)24-16-17-25(29)28(24)23-14-12-22(13-15-23)27(18-20-8-4-2-5-9-20)19-21-10-6-3-7-11-21/h2-11,22-24H,12-19H2,1H3. The zero-order valence-electron chi connectivity index (χ0n) is 18.3. The van der Waals surface area contributed by atoms with Gasteiger partial charge in [-0.1, -0.05) is 60.7 Å². The highest BCUT2D eigenvalue weighted by molar-refractivity contribution is 5.88. The summed E-state index contributed by atoms with van der Waals surface area (Å²) in [6, 6.07) is 21.5. The third-order valence-corrected chi connectivity index (χ3v) is 6.76. The lowest BCUT2D eigenvalue weighted by atomic mass is 9.88. The van der Waals surface area contributed by atoms with Crippen LogP contribution in [0.15, 0.2) is 60.7 Å². The van der Waals surface area contributed by atoms with Crippen molar-refractivity contribution in [2.75, 3.05) is 7.11 Å². The van der Waals surface area contributed by atoms with Crippen LogP contribution < -0.4 is 0 Å². The summed E-state index contributed by atoms with van der Waals surface area (Å²) >= 11 is 0. The van der Waals surface area contributed by atoms with E-state index < -0.39 is 6.04 Å². The molecule has 0 N–H and O–H groups in total. The molecule has 1 saturated carbocycles. The number of nitrogens with zero attached hydrogens (tertiary/aromatic N) is 2. The zero-order chi connectivity index (χ0) is 21.6. The molecule has 5 nitrogen and oxygen atoms in total. The SMILES string of the molecule is COC(=O)C1CCC(=O)N1C1CCC(N(Cc2ccccc2)Cc2ccccc2)CC1. The molecule has 1 atom stereocenters. The number of amides is 1. The summed E-state index contributed by atoms with van der Waals surface area (Å²) in [4.78, 5) is 29.1. The minimum atomic E-state index is -0.399. The van der Waals surface area contributed by atoms with Crippen molar-refractivity contribution in [2.45, 2.75) is 69.7 Å². The molecule has 5 heteroatoms. The maximum Gasteiger partial charge on any atom is 0.328 e. The molecular formula is C26H32N2O3. The van der Waals surface area contributed by atoms with Gasteiger partial charge in [0.15, 0.2) is 0 Å². The fourth-order valence-corrected chi connectivity index (χ4v) is 5.18. The van der Waals surface area contributed by atoms with Gasteiger partial charge >= 0.3 is 5.97 Å². The Labute approximate surface area is 185 Å². The monoisotopic (exact) mass is 420 g/mol. The smallest absolute Gasteiger partial charge is 0.328 e. The molecule has 1 aliphatic heterocycles. The van der Waals surface area contributed by atoms with E-state index in [1.54, 1.807) is 0 Å². The Kier molecular flexibility index (Phi) is 7.03. The second-order valence-corrected chi connectivity index (χ2v) is 8.72. The van der Waals surface area contributed by atoms with Gasteiger partial charge in [-0.2, -0.15) is 0 Å². The van der Waals surface area contributed by atoms with Crippen LogP contribution in [0.3, 0.4) is 0 Å². The van der Waals surface area contributed by atoms with Crippen LogP contribution in [-0.2, 0) is 27.4 Å². The normalized spacial score (nSPS) is 23.9. The van der Waals surface area contributed by atoms with Gasteiger partial charge in [0.25, 0.3) is 0 Å². The van der Waals surface area contributed by atoms with E-state index in [0.29, 0.717) is 18.9 Å². The van der Waals surface area contributed by atoms with Crippen LogP contribution in [-0.4, -0.2) is 46.9 Å². The summed E-state index contributed by atoms with van der Waals surface area (Å²) in [5, 5.41) is 0. The quantitative estimate of drug-likeness (QED) is 0.631. The molecule has 4 rings (SSSR count). The predicted octanol–water partition coefficient (Wildman–Crippen LogP) is 4.16. The van der Waals surface area contributed by atoms with Crippen LogP contribution in [0.2, 0.25) is 0 Å². The second kappa shape index (κ2) is 10.1. The summed E-state index contributed by atoms with van der Waals surface area (Å²) in [5.74, 6) is -0.174. The number of hydrogen-bond donors (Lipinski definition) is 0. The fourth-order valence-electron chi connectivity index (χ4n) is 5.18. The van der Waals surface area contributed by atoms with Gasteiger partial charge in [-0.05, 0) is 43.2 Å². The second-order valence-electron chi connectivity index (χ2n) is 8.72. The van der Waals surface area contributed by atoms with Crippen LogP contribution in [0.4, 0.5) is 0 Å². The van der Waals surface area contributed by atoms with Crippen LogP contribution in [0.25, 0.3) is 0 Å². The van der Waals surface area contributed by atoms with Crippen molar-refractivity contribution in [3.63, 3.8) is 0 Å². The predicted molar refractivity (Wildman–Crippen MR) is 120 cm³/mol. The lowest BCUT2D eigenvalue weighted by molar-refractivity contribution is -0.151. The molecule has 0 aromatic heterocycles. The number of hydrogen-bond acceptors (Lipinski definition) is 4. The Morgan fingerprint density at radius 2 is 1.45 bits per heavy atom. The molecule has 0 radical (unpaired) electrons. The molecule has 2 aliphatic rings. The summed E-state index contributed by atoms with van der Waals surface area (Å²) in [5.41, 5.74) is 2.64. The number of ether oxygens (including phenoxy) is 1. The molecule has 2 fully saturated rings. The van der Waals surface area contributed by atoms with Gasteiger partial charge in [-0.15, -0.1) is 0 Å². The van der Waals surface area contributed by atoms with E-state index in [2.05, 4.69) is 65.6 Å². The lowest BCUT2D eigenvalue weighted by Gasteiger charge is -2.41. The van der Waals surface area contributed by atoms with Crippen LogP contribution >= 0.6 is 0 Å². The number of rotatable bonds is 7. The highest BCUT2D eigenvalue weighted by Gasteiger charge is 2.42. The van der Waals surface area contributed by atoms with Crippen molar-refractivity contribution in [1.29, 1.82) is 0 Å². The van der Waals surface area contributed by atoms with E-state index in [0.717, 1.165) is 38.8 Å². The van der Waals surface area contributed by atoms with E-state index >= 15 is 0 Å². The average molecular weight is 421 g/mol. The van der Waals surface area contributed by atoms with Gasteiger partial charge in [0, 0.05) is 31.6 Å².